The maximum absolute atomic E-state index is 6.05. The summed E-state index contributed by atoms with van der Waals surface area (Å²) in [5.74, 6) is 0. The predicted molar refractivity (Wildman–Crippen MR) is 85.3 cm³/mol. The van der Waals surface area contributed by atoms with Crippen LogP contribution in [0.2, 0.25) is 0 Å². The smallest absolute Gasteiger partial charge is 0.270 e. The molecule has 0 aromatic heterocycles. The SMILES string of the molecule is CC(O[Si]c1cccc2ccccc12)c1ccccc1. The van der Waals surface area contributed by atoms with Crippen molar-refractivity contribution in [3.63, 3.8) is 0 Å². The summed E-state index contributed by atoms with van der Waals surface area (Å²) in [5.41, 5.74) is 1.22. The maximum atomic E-state index is 6.05. The molecule has 3 aromatic rings. The summed E-state index contributed by atoms with van der Waals surface area (Å²) in [6.07, 6.45) is 0.119. The molecule has 3 rings (SSSR count). The minimum absolute atomic E-state index is 0.119. The first-order chi connectivity index (χ1) is 9.84. The number of benzene rings is 3. The Morgan fingerprint density at radius 3 is 2.35 bits per heavy atom. The Hall–Kier alpha value is -1.90. The minimum Gasteiger partial charge on any atom is -0.405 e. The summed E-state index contributed by atoms with van der Waals surface area (Å²) >= 11 is 0. The molecule has 0 aliphatic heterocycles. The van der Waals surface area contributed by atoms with Crippen molar-refractivity contribution in [2.75, 3.05) is 0 Å². The molecule has 0 N–H and O–H groups in total. The van der Waals surface area contributed by atoms with Crippen LogP contribution >= 0.6 is 0 Å². The highest BCUT2D eigenvalue weighted by atomic mass is 28.2. The van der Waals surface area contributed by atoms with Crippen LogP contribution in [0, 0.1) is 0 Å². The average Bonchev–Trinajstić information content (AvgIpc) is 2.53. The Kier molecular flexibility index (Phi) is 3.95. The fourth-order valence-electron chi connectivity index (χ4n) is 2.26. The van der Waals surface area contributed by atoms with Gasteiger partial charge in [-0.15, -0.1) is 0 Å². The molecule has 3 aromatic carbocycles. The molecule has 0 spiro atoms. The molecule has 0 fully saturated rings. The van der Waals surface area contributed by atoms with Gasteiger partial charge in [-0.3, -0.25) is 0 Å². The molecule has 0 saturated carbocycles. The van der Waals surface area contributed by atoms with E-state index in [9.17, 15) is 0 Å². The highest BCUT2D eigenvalue weighted by Crippen LogP contribution is 2.16. The molecular formula is C18H16OSi. The van der Waals surface area contributed by atoms with Crippen LogP contribution in [0.25, 0.3) is 10.8 Å². The predicted octanol–water partition coefficient (Wildman–Crippen LogP) is 3.86. The molecule has 2 radical (unpaired) electrons. The van der Waals surface area contributed by atoms with E-state index in [4.69, 9.17) is 4.43 Å². The van der Waals surface area contributed by atoms with Crippen molar-refractivity contribution in [2.24, 2.45) is 0 Å². The number of hydrogen-bond acceptors (Lipinski definition) is 1. The van der Waals surface area contributed by atoms with Gasteiger partial charge in [0.05, 0.1) is 6.10 Å². The second-order valence-electron chi connectivity index (χ2n) is 4.80. The number of hydrogen-bond donors (Lipinski definition) is 0. The lowest BCUT2D eigenvalue weighted by molar-refractivity contribution is 0.244. The van der Waals surface area contributed by atoms with Gasteiger partial charge in [-0.05, 0) is 28.4 Å². The molecular weight excluding hydrogens is 260 g/mol. The molecule has 2 heteroatoms. The molecule has 98 valence electrons. The molecule has 0 bridgehead atoms. The van der Waals surface area contributed by atoms with Gasteiger partial charge in [0.1, 0.15) is 0 Å². The molecule has 0 aliphatic rings. The van der Waals surface area contributed by atoms with Gasteiger partial charge >= 0.3 is 0 Å². The van der Waals surface area contributed by atoms with Crippen molar-refractivity contribution >= 4 is 25.7 Å². The molecule has 1 unspecified atom stereocenters. The van der Waals surface area contributed by atoms with Crippen LogP contribution in [-0.4, -0.2) is 9.76 Å². The molecule has 0 aliphatic carbocycles. The van der Waals surface area contributed by atoms with Gasteiger partial charge < -0.3 is 4.43 Å². The summed E-state index contributed by atoms with van der Waals surface area (Å²) in [4.78, 5) is 0. The fourth-order valence-corrected chi connectivity index (χ4v) is 3.20. The number of fused-ring (bicyclic) bond motifs is 1. The summed E-state index contributed by atoms with van der Waals surface area (Å²) in [6, 6.07) is 25.2. The third kappa shape index (κ3) is 2.82. The van der Waals surface area contributed by atoms with Gasteiger partial charge in [-0.1, -0.05) is 72.8 Å². The molecule has 0 amide bonds. The Morgan fingerprint density at radius 1 is 0.800 bits per heavy atom. The molecule has 1 nitrogen and oxygen atoms in total. The van der Waals surface area contributed by atoms with Crippen molar-refractivity contribution in [3.8, 4) is 0 Å². The van der Waals surface area contributed by atoms with Crippen molar-refractivity contribution < 1.29 is 4.43 Å². The summed E-state index contributed by atoms with van der Waals surface area (Å²) < 4.78 is 6.05. The third-order valence-electron chi connectivity index (χ3n) is 3.40. The first-order valence-electron chi connectivity index (χ1n) is 6.79. The van der Waals surface area contributed by atoms with Crippen molar-refractivity contribution in [1.29, 1.82) is 0 Å². The average molecular weight is 276 g/mol. The zero-order valence-corrected chi connectivity index (χ0v) is 12.4. The van der Waals surface area contributed by atoms with E-state index in [-0.39, 0.29) is 6.10 Å². The lowest BCUT2D eigenvalue weighted by atomic mass is 10.1. The van der Waals surface area contributed by atoms with E-state index in [1.54, 1.807) is 0 Å². The monoisotopic (exact) mass is 276 g/mol. The van der Waals surface area contributed by atoms with Crippen molar-refractivity contribution in [1.82, 2.24) is 0 Å². The first kappa shape index (κ1) is 13.1. The summed E-state index contributed by atoms with van der Waals surface area (Å²) in [7, 11) is 0.364. The third-order valence-corrected chi connectivity index (χ3v) is 4.53. The van der Waals surface area contributed by atoms with E-state index >= 15 is 0 Å². The van der Waals surface area contributed by atoms with Gasteiger partial charge in [0.15, 0.2) is 0 Å². The van der Waals surface area contributed by atoms with Crippen LogP contribution in [0.1, 0.15) is 18.6 Å². The second-order valence-corrected chi connectivity index (χ2v) is 5.78. The van der Waals surface area contributed by atoms with Crippen LogP contribution in [0.15, 0.2) is 72.8 Å². The maximum Gasteiger partial charge on any atom is 0.270 e. The highest BCUT2D eigenvalue weighted by Gasteiger charge is 2.08. The Labute approximate surface area is 122 Å². The van der Waals surface area contributed by atoms with Crippen molar-refractivity contribution in [2.45, 2.75) is 13.0 Å². The largest absolute Gasteiger partial charge is 0.405 e. The minimum atomic E-state index is 0.119. The standard InChI is InChI=1S/C18H16OSi/c1-14(15-8-3-2-4-9-15)19-20-18-13-7-11-16-10-5-6-12-17(16)18/h2-14H,1H3. The van der Waals surface area contributed by atoms with Gasteiger partial charge in [0.25, 0.3) is 9.76 Å². The normalized spacial score (nSPS) is 12.4. The van der Waals surface area contributed by atoms with E-state index < -0.39 is 0 Å². The van der Waals surface area contributed by atoms with E-state index in [0.717, 1.165) is 0 Å². The molecule has 0 heterocycles. The zero-order chi connectivity index (χ0) is 13.8. The second kappa shape index (κ2) is 6.03. The molecule has 20 heavy (non-hydrogen) atoms. The fraction of sp³-hybridized carbons (Fsp3) is 0.111. The van der Waals surface area contributed by atoms with Gasteiger partial charge in [0, 0.05) is 0 Å². The first-order valence-corrected chi connectivity index (χ1v) is 7.70. The summed E-state index contributed by atoms with van der Waals surface area (Å²) in [6.45, 7) is 2.10. The van der Waals surface area contributed by atoms with E-state index in [1.165, 1.54) is 21.5 Å². The van der Waals surface area contributed by atoms with Gasteiger partial charge in [0.2, 0.25) is 0 Å². The van der Waals surface area contributed by atoms with Gasteiger partial charge in [-0.25, -0.2) is 0 Å². The van der Waals surface area contributed by atoms with E-state index in [0.29, 0.717) is 9.76 Å². The van der Waals surface area contributed by atoms with Crippen LogP contribution < -0.4 is 5.19 Å². The lowest BCUT2D eigenvalue weighted by Crippen LogP contribution is -2.20. The topological polar surface area (TPSA) is 9.23 Å². The highest BCUT2D eigenvalue weighted by molar-refractivity contribution is 6.51. The Bertz CT molecular complexity index is 689. The lowest BCUT2D eigenvalue weighted by Gasteiger charge is -2.13. The van der Waals surface area contributed by atoms with E-state index in [1.807, 2.05) is 6.07 Å². The van der Waals surface area contributed by atoms with E-state index in [2.05, 4.69) is 73.7 Å². The Morgan fingerprint density at radius 2 is 1.50 bits per heavy atom. The quantitative estimate of drug-likeness (QED) is 0.657. The van der Waals surface area contributed by atoms with Crippen LogP contribution in [0.5, 0.6) is 0 Å². The van der Waals surface area contributed by atoms with Crippen LogP contribution in [-0.2, 0) is 4.43 Å². The zero-order valence-electron chi connectivity index (χ0n) is 11.4. The molecule has 0 saturated heterocycles. The van der Waals surface area contributed by atoms with Crippen LogP contribution in [0.4, 0.5) is 0 Å². The molecule has 1 atom stereocenters. The Balaban J connectivity index is 1.77. The summed E-state index contributed by atoms with van der Waals surface area (Å²) in [5, 5.41) is 3.83. The number of rotatable bonds is 4. The van der Waals surface area contributed by atoms with Gasteiger partial charge in [-0.2, -0.15) is 0 Å². The van der Waals surface area contributed by atoms with Crippen LogP contribution in [0.3, 0.4) is 0 Å². The van der Waals surface area contributed by atoms with Crippen molar-refractivity contribution in [3.05, 3.63) is 78.4 Å².